The molecule has 0 saturated heterocycles. The van der Waals surface area contributed by atoms with Crippen molar-refractivity contribution in [1.29, 1.82) is 5.26 Å². The highest BCUT2D eigenvalue weighted by Crippen LogP contribution is 2.25. The minimum Gasteiger partial charge on any atom is -0.382 e. The fraction of sp³-hybridized carbons (Fsp3) is 0.250. The molecule has 0 bridgehead atoms. The van der Waals surface area contributed by atoms with E-state index in [1.807, 2.05) is 32.0 Å². The highest BCUT2D eigenvalue weighted by Gasteiger charge is 2.17. The van der Waals surface area contributed by atoms with E-state index in [2.05, 4.69) is 30.7 Å². The Hall–Kier alpha value is -4.23. The molecule has 11 heteroatoms. The summed E-state index contributed by atoms with van der Waals surface area (Å²) in [6, 6.07) is 11.0. The third-order valence-electron chi connectivity index (χ3n) is 5.35. The van der Waals surface area contributed by atoms with E-state index in [1.54, 1.807) is 18.2 Å². The number of carbonyl (C=O) groups excluding carboxylic acids is 1. The second-order valence-corrected chi connectivity index (χ2v) is 8.53. The maximum Gasteiger partial charge on any atom is 0.253 e. The van der Waals surface area contributed by atoms with Gasteiger partial charge in [0.15, 0.2) is 5.76 Å². The van der Waals surface area contributed by atoms with Crippen LogP contribution in [0.1, 0.15) is 52.8 Å². The number of anilines is 2. The summed E-state index contributed by atoms with van der Waals surface area (Å²) in [5.41, 5.74) is 8.28. The first-order chi connectivity index (χ1) is 16.9. The van der Waals surface area contributed by atoms with Crippen molar-refractivity contribution in [2.75, 3.05) is 17.6 Å². The average Bonchev–Trinajstić information content (AvgIpc) is 3.32. The summed E-state index contributed by atoms with van der Waals surface area (Å²) >= 11 is 6.35. The van der Waals surface area contributed by atoms with Crippen LogP contribution in [0.25, 0.3) is 10.9 Å². The number of nitrogens with one attached hydrogen (secondary N) is 2. The van der Waals surface area contributed by atoms with Gasteiger partial charge in [-0.05, 0) is 18.1 Å². The molecule has 3 heterocycles. The minimum atomic E-state index is -0.305. The van der Waals surface area contributed by atoms with Crippen molar-refractivity contribution < 1.29 is 9.32 Å². The summed E-state index contributed by atoms with van der Waals surface area (Å²) in [4.78, 5) is 25.7. The zero-order valence-corrected chi connectivity index (χ0v) is 19.9. The van der Waals surface area contributed by atoms with Gasteiger partial charge < -0.3 is 20.9 Å². The zero-order valence-electron chi connectivity index (χ0n) is 19.2. The molecule has 1 aromatic carbocycles. The van der Waals surface area contributed by atoms with Gasteiger partial charge >= 0.3 is 0 Å². The molecule has 178 valence electrons. The molecule has 0 aliphatic heterocycles. The minimum absolute atomic E-state index is 0.0914. The van der Waals surface area contributed by atoms with Gasteiger partial charge in [0.2, 0.25) is 0 Å². The topological polar surface area (TPSA) is 156 Å². The SMILES string of the molecule is CC(C)c1cc(CNC(=O)c2cc3cccc(Cl)c3nc2CCNc2ncnc(N)c2C#N)on1. The van der Waals surface area contributed by atoms with Crippen LogP contribution in [0.4, 0.5) is 11.6 Å². The van der Waals surface area contributed by atoms with Crippen LogP contribution in [0.5, 0.6) is 0 Å². The van der Waals surface area contributed by atoms with Crippen LogP contribution < -0.4 is 16.4 Å². The number of nitriles is 1. The van der Waals surface area contributed by atoms with Crippen molar-refractivity contribution in [2.45, 2.75) is 32.7 Å². The summed E-state index contributed by atoms with van der Waals surface area (Å²) in [7, 11) is 0. The van der Waals surface area contributed by atoms with Gasteiger partial charge in [0.05, 0.1) is 34.0 Å². The average molecular weight is 491 g/mol. The monoisotopic (exact) mass is 490 g/mol. The Morgan fingerprint density at radius 2 is 2.11 bits per heavy atom. The first-order valence-corrected chi connectivity index (χ1v) is 11.3. The van der Waals surface area contributed by atoms with Gasteiger partial charge in [-0.25, -0.2) is 9.97 Å². The number of amides is 1. The molecule has 0 aliphatic carbocycles. The Morgan fingerprint density at radius 1 is 1.29 bits per heavy atom. The summed E-state index contributed by atoms with van der Waals surface area (Å²) in [5, 5.41) is 20.5. The molecule has 0 saturated carbocycles. The largest absolute Gasteiger partial charge is 0.382 e. The molecule has 4 N–H and O–H groups in total. The lowest BCUT2D eigenvalue weighted by molar-refractivity contribution is 0.0946. The van der Waals surface area contributed by atoms with Gasteiger partial charge in [-0.1, -0.05) is 42.7 Å². The fourth-order valence-electron chi connectivity index (χ4n) is 3.48. The number of hydrogen-bond acceptors (Lipinski definition) is 9. The molecule has 1 amide bonds. The van der Waals surface area contributed by atoms with Crippen LogP contribution in [0.2, 0.25) is 5.02 Å². The number of benzene rings is 1. The number of para-hydroxylation sites is 1. The maximum atomic E-state index is 13.1. The van der Waals surface area contributed by atoms with Crippen LogP contribution in [0.3, 0.4) is 0 Å². The van der Waals surface area contributed by atoms with Crippen molar-refractivity contribution >= 4 is 40.0 Å². The normalized spacial score (nSPS) is 10.9. The summed E-state index contributed by atoms with van der Waals surface area (Å²) in [6.07, 6.45) is 1.64. The molecule has 0 spiro atoms. The van der Waals surface area contributed by atoms with Crippen molar-refractivity contribution in [3.05, 3.63) is 70.0 Å². The molecule has 0 fully saturated rings. The number of fused-ring (bicyclic) bond motifs is 1. The Morgan fingerprint density at radius 3 is 2.86 bits per heavy atom. The lowest BCUT2D eigenvalue weighted by atomic mass is 10.1. The van der Waals surface area contributed by atoms with Gasteiger partial charge in [-0.15, -0.1) is 0 Å². The smallest absolute Gasteiger partial charge is 0.253 e. The predicted molar refractivity (Wildman–Crippen MR) is 132 cm³/mol. The lowest BCUT2D eigenvalue weighted by Gasteiger charge is -2.13. The van der Waals surface area contributed by atoms with Gasteiger partial charge in [0.25, 0.3) is 5.91 Å². The molecule has 4 rings (SSSR count). The first-order valence-electron chi connectivity index (χ1n) is 10.9. The van der Waals surface area contributed by atoms with E-state index in [0.717, 1.165) is 11.1 Å². The summed E-state index contributed by atoms with van der Waals surface area (Å²) < 4.78 is 5.32. The third kappa shape index (κ3) is 5.31. The first kappa shape index (κ1) is 23.9. The van der Waals surface area contributed by atoms with E-state index in [-0.39, 0.29) is 29.8 Å². The van der Waals surface area contributed by atoms with Gasteiger partial charge in [-0.3, -0.25) is 9.78 Å². The lowest BCUT2D eigenvalue weighted by Crippen LogP contribution is -2.25. The Kier molecular flexibility index (Phi) is 7.08. The summed E-state index contributed by atoms with van der Waals surface area (Å²) in [5.74, 6) is 0.890. The van der Waals surface area contributed by atoms with E-state index in [0.29, 0.717) is 46.3 Å². The van der Waals surface area contributed by atoms with E-state index in [1.165, 1.54) is 6.33 Å². The highest BCUT2D eigenvalue weighted by atomic mass is 35.5. The molecular formula is C24H23ClN8O2. The van der Waals surface area contributed by atoms with Gasteiger partial charge in [-0.2, -0.15) is 5.26 Å². The van der Waals surface area contributed by atoms with Crippen molar-refractivity contribution in [2.24, 2.45) is 0 Å². The summed E-state index contributed by atoms with van der Waals surface area (Å²) in [6.45, 7) is 4.56. The molecule has 4 aromatic rings. The van der Waals surface area contributed by atoms with Crippen molar-refractivity contribution in [3.8, 4) is 6.07 Å². The van der Waals surface area contributed by atoms with Crippen molar-refractivity contribution in [1.82, 2.24) is 25.4 Å². The quantitative estimate of drug-likeness (QED) is 0.334. The zero-order chi connectivity index (χ0) is 24.9. The number of pyridine rings is 1. The Bertz CT molecular complexity index is 1430. The molecule has 3 aromatic heterocycles. The van der Waals surface area contributed by atoms with E-state index >= 15 is 0 Å². The van der Waals surface area contributed by atoms with Gasteiger partial charge in [0, 0.05) is 24.4 Å². The number of aromatic nitrogens is 4. The predicted octanol–water partition coefficient (Wildman–Crippen LogP) is 3.83. The van der Waals surface area contributed by atoms with E-state index in [9.17, 15) is 10.1 Å². The second-order valence-electron chi connectivity index (χ2n) is 8.12. The van der Waals surface area contributed by atoms with Crippen LogP contribution in [0.15, 0.2) is 41.2 Å². The number of nitrogens with zero attached hydrogens (tertiary/aromatic N) is 5. The van der Waals surface area contributed by atoms with Crippen molar-refractivity contribution in [3.63, 3.8) is 0 Å². The number of halogens is 1. The Labute approximate surface area is 206 Å². The van der Waals surface area contributed by atoms with Crippen LogP contribution in [-0.2, 0) is 13.0 Å². The fourth-order valence-corrected chi connectivity index (χ4v) is 3.70. The molecule has 0 radical (unpaired) electrons. The van der Waals surface area contributed by atoms with E-state index in [4.69, 9.17) is 21.9 Å². The number of nitrogen functional groups attached to an aromatic ring is 1. The number of hydrogen-bond donors (Lipinski definition) is 3. The Balaban J connectivity index is 1.56. The molecular weight excluding hydrogens is 468 g/mol. The van der Waals surface area contributed by atoms with Crippen LogP contribution in [-0.4, -0.2) is 32.6 Å². The standard InChI is InChI=1S/C24H23ClN8O2/c1-13(2)20-9-15(35-33-20)11-29-24(34)16-8-14-4-3-5-18(25)21(14)32-19(16)6-7-28-23-17(10-26)22(27)30-12-31-23/h3-5,8-9,12-13H,6-7,11H2,1-2H3,(H,29,34)(H3,27,28,30,31). The van der Waals surface area contributed by atoms with Gasteiger partial charge in [0.1, 0.15) is 29.6 Å². The number of rotatable bonds is 8. The van der Waals surface area contributed by atoms with Crippen LogP contribution in [0, 0.1) is 11.3 Å². The molecule has 10 nitrogen and oxygen atoms in total. The molecule has 0 unspecified atom stereocenters. The van der Waals surface area contributed by atoms with E-state index < -0.39 is 0 Å². The maximum absolute atomic E-state index is 13.1. The second kappa shape index (κ2) is 10.4. The number of nitrogens with two attached hydrogens (primary N) is 1. The molecule has 35 heavy (non-hydrogen) atoms. The number of carbonyl (C=O) groups is 1. The highest BCUT2D eigenvalue weighted by molar-refractivity contribution is 6.35. The molecule has 0 aliphatic rings. The third-order valence-corrected chi connectivity index (χ3v) is 5.66. The molecule has 0 atom stereocenters. The van der Waals surface area contributed by atoms with Crippen LogP contribution >= 0.6 is 11.6 Å².